The normalized spacial score (nSPS) is 21.0. The molecule has 2 atom stereocenters. The molecule has 1 aliphatic heterocycles. The molecule has 1 aliphatic rings. The molecule has 8 heteroatoms. The lowest BCUT2D eigenvalue weighted by molar-refractivity contribution is -0.0679. The minimum Gasteiger partial charge on any atom is -0.434 e. The van der Waals surface area contributed by atoms with Crippen LogP contribution in [0.2, 0.25) is 0 Å². The Morgan fingerprint density at radius 3 is 2.64 bits per heavy atom. The Morgan fingerprint density at radius 1 is 1.25 bits per heavy atom. The van der Waals surface area contributed by atoms with Gasteiger partial charge in [0.15, 0.2) is 5.96 Å². The second-order valence-corrected chi connectivity index (χ2v) is 6.98. The van der Waals surface area contributed by atoms with Crippen molar-refractivity contribution in [3.8, 4) is 5.75 Å². The maximum atomic E-state index is 12.5. The Labute approximate surface area is 166 Å². The van der Waals surface area contributed by atoms with Gasteiger partial charge in [-0.05, 0) is 33.3 Å². The van der Waals surface area contributed by atoms with Crippen LogP contribution in [0.3, 0.4) is 0 Å². The third kappa shape index (κ3) is 7.98. The van der Waals surface area contributed by atoms with Crippen molar-refractivity contribution in [3.05, 3.63) is 29.8 Å². The Hall–Kier alpha value is -1.93. The first-order valence-corrected chi connectivity index (χ1v) is 9.90. The first-order valence-electron chi connectivity index (χ1n) is 9.90. The highest BCUT2D eigenvalue weighted by molar-refractivity contribution is 5.79. The van der Waals surface area contributed by atoms with Crippen molar-refractivity contribution >= 4 is 5.96 Å². The zero-order valence-corrected chi connectivity index (χ0v) is 17.0. The Kier molecular flexibility index (Phi) is 9.43. The molecule has 0 aromatic heterocycles. The lowest BCUT2D eigenvalue weighted by Crippen LogP contribution is -2.46. The molecule has 0 saturated carbocycles. The van der Waals surface area contributed by atoms with Crippen molar-refractivity contribution in [1.82, 2.24) is 15.5 Å². The van der Waals surface area contributed by atoms with E-state index in [4.69, 9.17) is 4.74 Å². The van der Waals surface area contributed by atoms with Gasteiger partial charge in [-0.3, -0.25) is 4.90 Å². The molecule has 1 fully saturated rings. The third-order valence-corrected chi connectivity index (χ3v) is 4.38. The van der Waals surface area contributed by atoms with Gasteiger partial charge in [0.1, 0.15) is 5.75 Å². The van der Waals surface area contributed by atoms with Crippen molar-refractivity contribution in [3.63, 3.8) is 0 Å². The van der Waals surface area contributed by atoms with Gasteiger partial charge < -0.3 is 20.1 Å². The molecule has 28 heavy (non-hydrogen) atoms. The molecule has 2 rings (SSSR count). The number of hydrogen-bond acceptors (Lipinski definition) is 4. The number of para-hydroxylation sites is 1. The molecular weight excluding hydrogens is 366 g/mol. The van der Waals surface area contributed by atoms with E-state index < -0.39 is 6.61 Å². The first-order chi connectivity index (χ1) is 13.5. The largest absolute Gasteiger partial charge is 0.434 e. The topological polar surface area (TPSA) is 58.1 Å². The number of morpholine rings is 1. The van der Waals surface area contributed by atoms with E-state index in [9.17, 15) is 8.78 Å². The summed E-state index contributed by atoms with van der Waals surface area (Å²) in [5.41, 5.74) is 0.622. The van der Waals surface area contributed by atoms with Gasteiger partial charge in [0.2, 0.25) is 0 Å². The molecule has 158 valence electrons. The highest BCUT2D eigenvalue weighted by atomic mass is 19.3. The maximum Gasteiger partial charge on any atom is 0.387 e. The van der Waals surface area contributed by atoms with Crippen LogP contribution in [0.5, 0.6) is 5.75 Å². The van der Waals surface area contributed by atoms with E-state index in [0.717, 1.165) is 39.1 Å². The molecule has 0 bridgehead atoms. The highest BCUT2D eigenvalue weighted by Crippen LogP contribution is 2.20. The van der Waals surface area contributed by atoms with E-state index in [2.05, 4.69) is 39.1 Å². The molecule has 6 nitrogen and oxygen atoms in total. The Morgan fingerprint density at radius 2 is 1.96 bits per heavy atom. The SMILES string of the molecule is CCNC(=NCc1ccccc1OC(F)F)NCCCN1CC(C)OC(C)C1. The monoisotopic (exact) mass is 398 g/mol. The molecule has 0 aliphatic carbocycles. The molecule has 1 saturated heterocycles. The van der Waals surface area contributed by atoms with Crippen LogP contribution in [0.15, 0.2) is 29.3 Å². The van der Waals surface area contributed by atoms with Crippen molar-refractivity contribution < 1.29 is 18.3 Å². The second-order valence-electron chi connectivity index (χ2n) is 6.98. The van der Waals surface area contributed by atoms with Crippen molar-refractivity contribution in [2.24, 2.45) is 4.99 Å². The van der Waals surface area contributed by atoms with Crippen LogP contribution in [-0.4, -0.2) is 62.4 Å². The molecule has 1 aromatic carbocycles. The number of alkyl halides is 2. The summed E-state index contributed by atoms with van der Waals surface area (Å²) in [5.74, 6) is 0.825. The molecule has 1 heterocycles. The molecule has 0 spiro atoms. The number of guanidine groups is 1. The van der Waals surface area contributed by atoms with Gasteiger partial charge in [-0.15, -0.1) is 0 Å². The summed E-state index contributed by atoms with van der Waals surface area (Å²) in [4.78, 5) is 6.92. The lowest BCUT2D eigenvalue weighted by atomic mass is 10.2. The number of halogens is 2. The third-order valence-electron chi connectivity index (χ3n) is 4.38. The summed E-state index contributed by atoms with van der Waals surface area (Å²) < 4.78 is 35.4. The lowest BCUT2D eigenvalue weighted by Gasteiger charge is -2.35. The zero-order valence-electron chi connectivity index (χ0n) is 17.0. The fourth-order valence-corrected chi connectivity index (χ4v) is 3.33. The van der Waals surface area contributed by atoms with E-state index in [1.165, 1.54) is 6.07 Å². The van der Waals surface area contributed by atoms with Crippen LogP contribution in [0, 0.1) is 0 Å². The summed E-state index contributed by atoms with van der Waals surface area (Å²) in [6.07, 6.45) is 1.52. The minimum absolute atomic E-state index is 0.160. The molecule has 2 N–H and O–H groups in total. The van der Waals surface area contributed by atoms with E-state index in [1.807, 2.05) is 6.92 Å². The van der Waals surface area contributed by atoms with Crippen LogP contribution in [-0.2, 0) is 11.3 Å². The van der Waals surface area contributed by atoms with Gasteiger partial charge in [0.05, 0.1) is 18.8 Å². The predicted octanol–water partition coefficient (Wildman–Crippen LogP) is 2.84. The molecule has 2 unspecified atom stereocenters. The smallest absolute Gasteiger partial charge is 0.387 e. The van der Waals surface area contributed by atoms with Gasteiger partial charge in [-0.2, -0.15) is 8.78 Å². The number of ether oxygens (including phenoxy) is 2. The fourth-order valence-electron chi connectivity index (χ4n) is 3.33. The highest BCUT2D eigenvalue weighted by Gasteiger charge is 2.21. The minimum atomic E-state index is -2.85. The van der Waals surface area contributed by atoms with Gasteiger partial charge >= 0.3 is 6.61 Å². The Balaban J connectivity index is 1.82. The van der Waals surface area contributed by atoms with Crippen LogP contribution in [0.25, 0.3) is 0 Å². The standard InChI is InChI=1S/C20H32F2N4O2/c1-4-23-20(24-10-7-11-26-13-15(2)27-16(3)14-26)25-12-17-8-5-6-9-18(17)28-19(21)22/h5-6,8-9,15-16,19H,4,7,10-14H2,1-3H3,(H2,23,24,25). The summed E-state index contributed by atoms with van der Waals surface area (Å²) in [5, 5.41) is 6.49. The summed E-state index contributed by atoms with van der Waals surface area (Å²) in [6.45, 7) is 8.02. The number of benzene rings is 1. The number of hydrogen-bond donors (Lipinski definition) is 2. The van der Waals surface area contributed by atoms with Crippen LogP contribution >= 0.6 is 0 Å². The van der Waals surface area contributed by atoms with Gasteiger partial charge in [0, 0.05) is 38.3 Å². The fraction of sp³-hybridized carbons (Fsp3) is 0.650. The average Bonchev–Trinajstić information content (AvgIpc) is 2.63. The van der Waals surface area contributed by atoms with E-state index in [1.54, 1.807) is 18.2 Å². The Bertz CT molecular complexity index is 606. The van der Waals surface area contributed by atoms with E-state index in [-0.39, 0.29) is 24.5 Å². The number of rotatable bonds is 9. The average molecular weight is 398 g/mol. The van der Waals surface area contributed by atoms with Gasteiger partial charge in [0.25, 0.3) is 0 Å². The molecule has 0 radical (unpaired) electrons. The van der Waals surface area contributed by atoms with Gasteiger partial charge in [-0.25, -0.2) is 4.99 Å². The van der Waals surface area contributed by atoms with Crippen LogP contribution < -0.4 is 15.4 Å². The number of nitrogens with one attached hydrogen (secondary N) is 2. The molecule has 0 amide bonds. The summed E-state index contributed by atoms with van der Waals surface area (Å²) in [6, 6.07) is 6.73. The summed E-state index contributed by atoms with van der Waals surface area (Å²) >= 11 is 0. The number of aliphatic imine (C=N–C) groups is 1. The van der Waals surface area contributed by atoms with Crippen molar-refractivity contribution in [2.45, 2.75) is 52.6 Å². The van der Waals surface area contributed by atoms with E-state index in [0.29, 0.717) is 11.5 Å². The zero-order chi connectivity index (χ0) is 20.4. The van der Waals surface area contributed by atoms with Crippen LogP contribution in [0.1, 0.15) is 32.8 Å². The summed E-state index contributed by atoms with van der Waals surface area (Å²) in [7, 11) is 0. The van der Waals surface area contributed by atoms with Crippen LogP contribution in [0.4, 0.5) is 8.78 Å². The first kappa shape index (κ1) is 22.4. The molecular formula is C20H32F2N4O2. The number of nitrogens with zero attached hydrogens (tertiary/aromatic N) is 2. The van der Waals surface area contributed by atoms with Gasteiger partial charge in [-0.1, -0.05) is 18.2 Å². The van der Waals surface area contributed by atoms with Crippen molar-refractivity contribution in [2.75, 3.05) is 32.7 Å². The molecule has 1 aromatic rings. The van der Waals surface area contributed by atoms with E-state index >= 15 is 0 Å². The van der Waals surface area contributed by atoms with Crippen molar-refractivity contribution in [1.29, 1.82) is 0 Å². The quantitative estimate of drug-likeness (QED) is 0.381. The maximum absolute atomic E-state index is 12.5. The predicted molar refractivity (Wildman–Crippen MR) is 107 cm³/mol. The second kappa shape index (κ2) is 11.8.